The van der Waals surface area contributed by atoms with E-state index in [4.69, 9.17) is 5.73 Å². The number of benzene rings is 2. The molecule has 2 aromatic carbocycles. The number of rotatable bonds is 5. The molecule has 0 heterocycles. The largest absolute Gasteiger partial charge is 0.389 e. The van der Waals surface area contributed by atoms with Crippen molar-refractivity contribution < 1.29 is 8.78 Å². The van der Waals surface area contributed by atoms with Crippen LogP contribution in [-0.2, 0) is 13.0 Å². The molecular formula is C16H16F2N2S. The van der Waals surface area contributed by atoms with E-state index in [1.807, 2.05) is 24.3 Å². The summed E-state index contributed by atoms with van der Waals surface area (Å²) < 4.78 is 27.6. The van der Waals surface area contributed by atoms with E-state index in [0.29, 0.717) is 6.54 Å². The van der Waals surface area contributed by atoms with Gasteiger partial charge in [0, 0.05) is 12.1 Å². The number of nitrogens with two attached hydrogens (primary N) is 1. The van der Waals surface area contributed by atoms with Gasteiger partial charge in [-0.25, -0.2) is 8.78 Å². The van der Waals surface area contributed by atoms with Crippen LogP contribution in [0.1, 0.15) is 23.6 Å². The van der Waals surface area contributed by atoms with Gasteiger partial charge in [-0.3, -0.25) is 0 Å². The van der Waals surface area contributed by atoms with Gasteiger partial charge in [0.2, 0.25) is 0 Å². The van der Waals surface area contributed by atoms with Gasteiger partial charge in [0.05, 0.1) is 5.69 Å². The van der Waals surface area contributed by atoms with Crippen molar-refractivity contribution in [3.8, 4) is 0 Å². The Balaban J connectivity index is 2.12. The standard InChI is InChI=1S/C16H16F2N2S/c1-2-10-3-5-11(6-4-10)9-20-13-8-7-12(16(19)21)14(17)15(13)18/h3-8,20H,2,9H2,1H3,(H2,19,21). The monoisotopic (exact) mass is 306 g/mol. The number of hydrogen-bond donors (Lipinski definition) is 2. The SMILES string of the molecule is CCc1ccc(CNc2ccc(C(N)=S)c(F)c2F)cc1. The Morgan fingerprint density at radius 2 is 1.67 bits per heavy atom. The molecule has 110 valence electrons. The van der Waals surface area contributed by atoms with Crippen LogP contribution < -0.4 is 11.1 Å². The molecule has 0 aliphatic rings. The Morgan fingerprint density at radius 1 is 1.05 bits per heavy atom. The van der Waals surface area contributed by atoms with Gasteiger partial charge in [0.25, 0.3) is 0 Å². The van der Waals surface area contributed by atoms with Crippen LogP contribution in [0.15, 0.2) is 36.4 Å². The third-order valence-electron chi connectivity index (χ3n) is 3.26. The molecule has 3 N–H and O–H groups in total. The summed E-state index contributed by atoms with van der Waals surface area (Å²) in [7, 11) is 0. The van der Waals surface area contributed by atoms with Crippen LogP contribution >= 0.6 is 12.2 Å². The number of aryl methyl sites for hydroxylation is 1. The maximum absolute atomic E-state index is 13.9. The third kappa shape index (κ3) is 3.55. The molecule has 0 aliphatic heterocycles. The zero-order chi connectivity index (χ0) is 15.4. The summed E-state index contributed by atoms with van der Waals surface area (Å²) in [5, 5.41) is 2.87. The first kappa shape index (κ1) is 15.4. The molecule has 2 nitrogen and oxygen atoms in total. The molecule has 0 amide bonds. The Hall–Kier alpha value is -2.01. The van der Waals surface area contributed by atoms with Crippen molar-refractivity contribution in [2.45, 2.75) is 19.9 Å². The molecule has 0 fully saturated rings. The zero-order valence-electron chi connectivity index (χ0n) is 11.6. The van der Waals surface area contributed by atoms with Crippen molar-refractivity contribution in [2.75, 3.05) is 5.32 Å². The summed E-state index contributed by atoms with van der Waals surface area (Å²) in [6.45, 7) is 2.49. The van der Waals surface area contributed by atoms with E-state index in [2.05, 4.69) is 24.5 Å². The Bertz CT molecular complexity index is 654. The lowest BCUT2D eigenvalue weighted by Crippen LogP contribution is -2.14. The second-order valence-electron chi connectivity index (χ2n) is 4.68. The van der Waals surface area contributed by atoms with Crippen molar-refractivity contribution in [3.05, 3.63) is 64.7 Å². The van der Waals surface area contributed by atoms with Crippen molar-refractivity contribution in [1.29, 1.82) is 0 Å². The van der Waals surface area contributed by atoms with E-state index in [-0.39, 0.29) is 16.2 Å². The highest BCUT2D eigenvalue weighted by atomic mass is 32.1. The molecule has 0 radical (unpaired) electrons. The van der Waals surface area contributed by atoms with E-state index in [1.54, 1.807) is 0 Å². The maximum Gasteiger partial charge on any atom is 0.182 e. The lowest BCUT2D eigenvalue weighted by Gasteiger charge is -2.10. The molecule has 2 aromatic rings. The van der Waals surface area contributed by atoms with Crippen molar-refractivity contribution in [3.63, 3.8) is 0 Å². The molecule has 2 rings (SSSR count). The Kier molecular flexibility index (Phi) is 4.85. The molecule has 0 saturated heterocycles. The van der Waals surface area contributed by atoms with Crippen LogP contribution in [0.5, 0.6) is 0 Å². The van der Waals surface area contributed by atoms with Crippen LogP contribution in [0.3, 0.4) is 0 Å². The van der Waals surface area contributed by atoms with Crippen LogP contribution in [0.4, 0.5) is 14.5 Å². The third-order valence-corrected chi connectivity index (χ3v) is 3.48. The molecule has 0 spiro atoms. The van der Waals surface area contributed by atoms with Gasteiger partial charge in [-0.05, 0) is 29.7 Å². The Morgan fingerprint density at radius 3 is 2.24 bits per heavy atom. The molecule has 5 heteroatoms. The fourth-order valence-electron chi connectivity index (χ4n) is 1.97. The molecule has 0 saturated carbocycles. The number of hydrogen-bond acceptors (Lipinski definition) is 2. The maximum atomic E-state index is 13.9. The van der Waals surface area contributed by atoms with Gasteiger partial charge in [-0.2, -0.15) is 0 Å². The highest BCUT2D eigenvalue weighted by Gasteiger charge is 2.14. The molecule has 0 atom stereocenters. The normalized spacial score (nSPS) is 10.4. The van der Waals surface area contributed by atoms with Gasteiger partial charge < -0.3 is 11.1 Å². The molecular weight excluding hydrogens is 290 g/mol. The minimum Gasteiger partial charge on any atom is -0.389 e. The molecule has 0 aliphatic carbocycles. The summed E-state index contributed by atoms with van der Waals surface area (Å²) in [6.07, 6.45) is 0.966. The lowest BCUT2D eigenvalue weighted by molar-refractivity contribution is 0.509. The minimum atomic E-state index is -1.02. The first-order valence-electron chi connectivity index (χ1n) is 6.62. The lowest BCUT2D eigenvalue weighted by atomic mass is 10.1. The number of thiocarbonyl (C=S) groups is 1. The number of halogens is 2. The molecule has 0 aromatic heterocycles. The van der Waals surface area contributed by atoms with Crippen molar-refractivity contribution in [1.82, 2.24) is 0 Å². The predicted octanol–water partition coefficient (Wildman–Crippen LogP) is 3.77. The summed E-state index contributed by atoms with van der Waals surface area (Å²) in [6, 6.07) is 10.8. The highest BCUT2D eigenvalue weighted by molar-refractivity contribution is 7.80. The molecule has 21 heavy (non-hydrogen) atoms. The predicted molar refractivity (Wildman–Crippen MR) is 85.4 cm³/mol. The van der Waals surface area contributed by atoms with Gasteiger partial charge in [0.15, 0.2) is 11.6 Å². The van der Waals surface area contributed by atoms with Crippen molar-refractivity contribution in [2.24, 2.45) is 5.73 Å². The zero-order valence-corrected chi connectivity index (χ0v) is 12.4. The van der Waals surface area contributed by atoms with Crippen molar-refractivity contribution >= 4 is 22.9 Å². The van der Waals surface area contributed by atoms with Crippen LogP contribution in [-0.4, -0.2) is 4.99 Å². The summed E-state index contributed by atoms with van der Waals surface area (Å²) in [5.74, 6) is -1.99. The summed E-state index contributed by atoms with van der Waals surface area (Å²) >= 11 is 4.67. The average molecular weight is 306 g/mol. The average Bonchev–Trinajstić information content (AvgIpc) is 2.49. The van der Waals surface area contributed by atoms with Crippen LogP contribution in [0.2, 0.25) is 0 Å². The first-order valence-corrected chi connectivity index (χ1v) is 7.03. The van der Waals surface area contributed by atoms with E-state index < -0.39 is 11.6 Å². The fourth-order valence-corrected chi connectivity index (χ4v) is 2.12. The summed E-state index contributed by atoms with van der Waals surface area (Å²) in [5.41, 5.74) is 7.56. The van der Waals surface area contributed by atoms with Crippen LogP contribution in [0, 0.1) is 11.6 Å². The van der Waals surface area contributed by atoms with E-state index in [1.165, 1.54) is 17.7 Å². The van der Waals surface area contributed by atoms with E-state index in [0.717, 1.165) is 12.0 Å². The van der Waals surface area contributed by atoms with Crippen LogP contribution in [0.25, 0.3) is 0 Å². The number of nitrogens with one attached hydrogen (secondary N) is 1. The van der Waals surface area contributed by atoms with Gasteiger partial charge in [-0.15, -0.1) is 0 Å². The minimum absolute atomic E-state index is 0.0830. The van der Waals surface area contributed by atoms with Gasteiger partial charge in [0.1, 0.15) is 4.99 Å². The molecule has 0 bridgehead atoms. The smallest absolute Gasteiger partial charge is 0.182 e. The van der Waals surface area contributed by atoms with E-state index >= 15 is 0 Å². The van der Waals surface area contributed by atoms with Gasteiger partial charge in [-0.1, -0.05) is 43.4 Å². The highest BCUT2D eigenvalue weighted by Crippen LogP contribution is 2.21. The summed E-state index contributed by atoms with van der Waals surface area (Å²) in [4.78, 5) is -0.159. The second-order valence-corrected chi connectivity index (χ2v) is 5.12. The quantitative estimate of drug-likeness (QED) is 0.826. The molecule has 0 unspecified atom stereocenters. The topological polar surface area (TPSA) is 38.0 Å². The van der Waals surface area contributed by atoms with E-state index in [9.17, 15) is 8.78 Å². The van der Waals surface area contributed by atoms with Gasteiger partial charge >= 0.3 is 0 Å². The fraction of sp³-hybridized carbons (Fsp3) is 0.188. The second kappa shape index (κ2) is 6.63. The Labute approximate surface area is 128 Å². The number of anilines is 1. The first-order chi connectivity index (χ1) is 10.0.